The van der Waals surface area contributed by atoms with Gasteiger partial charge >= 0.3 is 0 Å². The fourth-order valence-corrected chi connectivity index (χ4v) is 2.42. The Hall–Kier alpha value is -2.30. The third-order valence-electron chi connectivity index (χ3n) is 3.52. The van der Waals surface area contributed by atoms with Gasteiger partial charge in [-0.05, 0) is 12.1 Å². The summed E-state index contributed by atoms with van der Waals surface area (Å²) in [7, 11) is 0. The number of ether oxygens (including phenoxy) is 1. The molecule has 1 aromatic heterocycles. The molecular formula is C15H17N3O2. The molecule has 1 N–H and O–H groups in total. The van der Waals surface area contributed by atoms with Crippen LogP contribution in [0.25, 0.3) is 0 Å². The summed E-state index contributed by atoms with van der Waals surface area (Å²) in [5.41, 5.74) is 0.618. The zero-order valence-electron chi connectivity index (χ0n) is 11.2. The lowest BCUT2D eigenvalue weighted by atomic mass is 10.1. The van der Waals surface area contributed by atoms with Gasteiger partial charge in [0.15, 0.2) is 0 Å². The molecule has 2 aromatic rings. The lowest BCUT2D eigenvalue weighted by molar-refractivity contribution is 0.0595. The van der Waals surface area contributed by atoms with Crippen molar-refractivity contribution >= 4 is 5.91 Å². The van der Waals surface area contributed by atoms with Gasteiger partial charge in [0.25, 0.3) is 5.91 Å². The SMILES string of the molecule is O=C(c1cn[nH]c1)N1CCC(Oc2ccccc2)CC1. The number of rotatable bonds is 3. The van der Waals surface area contributed by atoms with Crippen LogP contribution in [-0.2, 0) is 0 Å². The fourth-order valence-electron chi connectivity index (χ4n) is 2.42. The summed E-state index contributed by atoms with van der Waals surface area (Å²) in [5, 5.41) is 6.48. The minimum absolute atomic E-state index is 0.0388. The number of para-hydroxylation sites is 1. The molecule has 1 saturated heterocycles. The first-order valence-corrected chi connectivity index (χ1v) is 6.83. The van der Waals surface area contributed by atoms with E-state index in [1.165, 1.54) is 0 Å². The molecule has 20 heavy (non-hydrogen) atoms. The molecule has 0 aliphatic carbocycles. The van der Waals surface area contributed by atoms with E-state index in [1.54, 1.807) is 12.4 Å². The molecule has 0 unspecified atom stereocenters. The summed E-state index contributed by atoms with van der Waals surface area (Å²) >= 11 is 0. The highest BCUT2D eigenvalue weighted by molar-refractivity contribution is 5.93. The zero-order valence-corrected chi connectivity index (χ0v) is 11.2. The van der Waals surface area contributed by atoms with Crippen LogP contribution < -0.4 is 4.74 Å². The Labute approximate surface area is 117 Å². The average molecular weight is 271 g/mol. The van der Waals surface area contributed by atoms with Gasteiger partial charge in [-0.2, -0.15) is 5.10 Å². The van der Waals surface area contributed by atoms with E-state index < -0.39 is 0 Å². The van der Waals surface area contributed by atoms with Crippen LogP contribution in [0.1, 0.15) is 23.2 Å². The van der Waals surface area contributed by atoms with Crippen LogP contribution >= 0.6 is 0 Å². The van der Waals surface area contributed by atoms with Gasteiger partial charge in [-0.1, -0.05) is 18.2 Å². The van der Waals surface area contributed by atoms with Crippen molar-refractivity contribution in [2.45, 2.75) is 18.9 Å². The smallest absolute Gasteiger partial charge is 0.257 e. The summed E-state index contributed by atoms with van der Waals surface area (Å²) < 4.78 is 5.92. The zero-order chi connectivity index (χ0) is 13.8. The molecule has 1 amide bonds. The number of nitrogens with one attached hydrogen (secondary N) is 1. The predicted octanol–water partition coefficient (Wildman–Crippen LogP) is 2.09. The summed E-state index contributed by atoms with van der Waals surface area (Å²) in [4.78, 5) is 14.0. The van der Waals surface area contributed by atoms with Gasteiger partial charge in [0.1, 0.15) is 11.9 Å². The van der Waals surface area contributed by atoms with E-state index in [2.05, 4.69) is 10.2 Å². The number of nitrogens with zero attached hydrogens (tertiary/aromatic N) is 2. The van der Waals surface area contributed by atoms with Crippen molar-refractivity contribution in [3.63, 3.8) is 0 Å². The van der Waals surface area contributed by atoms with Crippen LogP contribution in [0.2, 0.25) is 0 Å². The molecule has 5 heteroatoms. The molecule has 0 saturated carbocycles. The number of piperidine rings is 1. The Morgan fingerprint density at radius 2 is 2.00 bits per heavy atom. The molecule has 1 fully saturated rings. The Balaban J connectivity index is 1.53. The molecule has 0 radical (unpaired) electrons. The van der Waals surface area contributed by atoms with Crippen molar-refractivity contribution in [1.29, 1.82) is 0 Å². The van der Waals surface area contributed by atoms with Crippen molar-refractivity contribution in [3.8, 4) is 5.75 Å². The van der Waals surface area contributed by atoms with E-state index >= 15 is 0 Å². The van der Waals surface area contributed by atoms with E-state index in [4.69, 9.17) is 4.74 Å². The van der Waals surface area contributed by atoms with Crippen molar-refractivity contribution in [2.24, 2.45) is 0 Å². The number of aromatic amines is 1. The van der Waals surface area contributed by atoms with Gasteiger partial charge < -0.3 is 9.64 Å². The first kappa shape index (κ1) is 12.7. The number of amides is 1. The number of carbonyl (C=O) groups excluding carboxylic acids is 1. The predicted molar refractivity (Wildman–Crippen MR) is 74.6 cm³/mol. The molecule has 104 valence electrons. The molecule has 1 aromatic carbocycles. The second-order valence-electron chi connectivity index (χ2n) is 4.91. The van der Waals surface area contributed by atoms with Crippen molar-refractivity contribution < 1.29 is 9.53 Å². The number of aromatic nitrogens is 2. The highest BCUT2D eigenvalue weighted by atomic mass is 16.5. The van der Waals surface area contributed by atoms with Crippen LogP contribution in [0.3, 0.4) is 0 Å². The monoisotopic (exact) mass is 271 g/mol. The van der Waals surface area contributed by atoms with Gasteiger partial charge in [0.2, 0.25) is 0 Å². The molecule has 0 bridgehead atoms. The van der Waals surface area contributed by atoms with Crippen LogP contribution in [0.4, 0.5) is 0 Å². The summed E-state index contributed by atoms with van der Waals surface area (Å²) in [6, 6.07) is 9.82. The van der Waals surface area contributed by atoms with Crippen LogP contribution in [0.15, 0.2) is 42.7 Å². The summed E-state index contributed by atoms with van der Waals surface area (Å²) in [6.07, 6.45) is 5.10. The van der Waals surface area contributed by atoms with E-state index in [0.29, 0.717) is 5.56 Å². The van der Waals surface area contributed by atoms with Gasteiger partial charge in [-0.3, -0.25) is 9.89 Å². The molecule has 1 aliphatic rings. The maximum Gasteiger partial charge on any atom is 0.257 e. The third-order valence-corrected chi connectivity index (χ3v) is 3.52. The van der Waals surface area contributed by atoms with Crippen molar-refractivity contribution in [3.05, 3.63) is 48.3 Å². The number of likely N-dealkylation sites (tertiary alicyclic amines) is 1. The summed E-state index contributed by atoms with van der Waals surface area (Å²) in [5.74, 6) is 0.934. The Kier molecular flexibility index (Phi) is 3.67. The van der Waals surface area contributed by atoms with Crippen LogP contribution in [0, 0.1) is 0 Å². The lowest BCUT2D eigenvalue weighted by Crippen LogP contribution is -2.41. The van der Waals surface area contributed by atoms with Crippen LogP contribution in [-0.4, -0.2) is 40.2 Å². The molecule has 1 aliphatic heterocycles. The van der Waals surface area contributed by atoms with Crippen molar-refractivity contribution in [2.75, 3.05) is 13.1 Å². The molecule has 0 spiro atoms. The topological polar surface area (TPSA) is 58.2 Å². The molecule has 2 heterocycles. The summed E-state index contributed by atoms with van der Waals surface area (Å²) in [6.45, 7) is 1.45. The molecule has 5 nitrogen and oxygen atoms in total. The first-order valence-electron chi connectivity index (χ1n) is 6.83. The maximum atomic E-state index is 12.2. The lowest BCUT2D eigenvalue weighted by Gasteiger charge is -2.32. The Morgan fingerprint density at radius 3 is 2.65 bits per heavy atom. The van der Waals surface area contributed by atoms with Crippen LogP contribution in [0.5, 0.6) is 5.75 Å². The third kappa shape index (κ3) is 2.82. The quantitative estimate of drug-likeness (QED) is 0.930. The Bertz CT molecular complexity index is 546. The van der Waals surface area contributed by atoms with Gasteiger partial charge in [0, 0.05) is 32.1 Å². The minimum atomic E-state index is 0.0388. The van der Waals surface area contributed by atoms with E-state index in [-0.39, 0.29) is 12.0 Å². The average Bonchev–Trinajstić information content (AvgIpc) is 3.03. The van der Waals surface area contributed by atoms with Gasteiger partial charge in [0.05, 0.1) is 11.8 Å². The molecule has 3 rings (SSSR count). The standard InChI is InChI=1S/C15H17N3O2/c19-15(12-10-16-17-11-12)18-8-6-14(7-9-18)20-13-4-2-1-3-5-13/h1-5,10-11,14H,6-9H2,(H,16,17). The van der Waals surface area contributed by atoms with E-state index in [1.807, 2.05) is 35.2 Å². The first-order chi connectivity index (χ1) is 9.83. The second-order valence-corrected chi connectivity index (χ2v) is 4.91. The van der Waals surface area contributed by atoms with Crippen molar-refractivity contribution in [1.82, 2.24) is 15.1 Å². The van der Waals surface area contributed by atoms with E-state index in [9.17, 15) is 4.79 Å². The number of hydrogen-bond acceptors (Lipinski definition) is 3. The maximum absolute atomic E-state index is 12.2. The Morgan fingerprint density at radius 1 is 1.25 bits per heavy atom. The molecule has 0 atom stereocenters. The van der Waals surface area contributed by atoms with Gasteiger partial charge in [-0.15, -0.1) is 0 Å². The number of carbonyl (C=O) groups is 1. The second kappa shape index (κ2) is 5.77. The van der Waals surface area contributed by atoms with E-state index in [0.717, 1.165) is 31.7 Å². The largest absolute Gasteiger partial charge is 0.490 e. The molecular weight excluding hydrogens is 254 g/mol. The highest BCUT2D eigenvalue weighted by Gasteiger charge is 2.24. The minimum Gasteiger partial charge on any atom is -0.490 e. The normalized spacial score (nSPS) is 16.1. The van der Waals surface area contributed by atoms with Gasteiger partial charge in [-0.25, -0.2) is 0 Å². The fraction of sp³-hybridized carbons (Fsp3) is 0.333. The number of H-pyrrole nitrogens is 1. The highest BCUT2D eigenvalue weighted by Crippen LogP contribution is 2.19. The number of benzene rings is 1. The number of hydrogen-bond donors (Lipinski definition) is 1.